The van der Waals surface area contributed by atoms with E-state index in [1.807, 2.05) is 24.3 Å². The number of rotatable bonds is 8. The Bertz CT molecular complexity index is 722. The van der Waals surface area contributed by atoms with Crippen LogP contribution in [0.1, 0.15) is 23.5 Å². The van der Waals surface area contributed by atoms with Crippen LogP contribution >= 0.6 is 11.3 Å². The highest BCUT2D eigenvalue weighted by molar-refractivity contribution is 7.18. The SMILES string of the molecule is CCN(CC)CCNC(=O)c1cc(-c2ccccc2)c(N2CCOCC2)s1. The van der Waals surface area contributed by atoms with Crippen LogP contribution in [0.15, 0.2) is 36.4 Å². The summed E-state index contributed by atoms with van der Waals surface area (Å²) in [6.45, 7) is 11.0. The number of likely N-dealkylation sites (N-methyl/N-ethyl adjacent to an activating group) is 1. The third-order valence-electron chi connectivity index (χ3n) is 4.93. The number of nitrogens with zero attached hydrogens (tertiary/aromatic N) is 2. The number of hydrogen-bond donors (Lipinski definition) is 1. The lowest BCUT2D eigenvalue weighted by molar-refractivity contribution is 0.0953. The van der Waals surface area contributed by atoms with Gasteiger partial charge in [-0.2, -0.15) is 0 Å². The molecule has 146 valence electrons. The second-order valence-electron chi connectivity index (χ2n) is 6.58. The zero-order valence-corrected chi connectivity index (χ0v) is 17.1. The first-order valence-electron chi connectivity index (χ1n) is 9.75. The summed E-state index contributed by atoms with van der Waals surface area (Å²) < 4.78 is 5.50. The highest BCUT2D eigenvalue weighted by Crippen LogP contribution is 2.39. The number of carbonyl (C=O) groups excluding carboxylic acids is 1. The molecular formula is C21H29N3O2S. The Labute approximate surface area is 165 Å². The average molecular weight is 388 g/mol. The van der Waals surface area contributed by atoms with E-state index < -0.39 is 0 Å². The van der Waals surface area contributed by atoms with Gasteiger partial charge in [0.2, 0.25) is 0 Å². The van der Waals surface area contributed by atoms with E-state index in [0.29, 0.717) is 6.54 Å². The molecule has 0 aliphatic carbocycles. The molecule has 1 fully saturated rings. The fourth-order valence-electron chi connectivity index (χ4n) is 3.27. The number of anilines is 1. The van der Waals surface area contributed by atoms with Gasteiger partial charge in [0.05, 0.1) is 23.1 Å². The van der Waals surface area contributed by atoms with Gasteiger partial charge in [-0.3, -0.25) is 4.79 Å². The van der Waals surface area contributed by atoms with E-state index in [1.54, 1.807) is 11.3 Å². The van der Waals surface area contributed by atoms with Crippen molar-refractivity contribution < 1.29 is 9.53 Å². The Morgan fingerprint density at radius 1 is 1.19 bits per heavy atom. The third-order valence-corrected chi connectivity index (χ3v) is 6.12. The van der Waals surface area contributed by atoms with Crippen molar-refractivity contribution in [3.05, 3.63) is 41.3 Å². The molecule has 1 aliphatic heterocycles. The number of carbonyl (C=O) groups is 1. The van der Waals surface area contributed by atoms with Crippen LogP contribution in [0.4, 0.5) is 5.00 Å². The quantitative estimate of drug-likeness (QED) is 0.755. The van der Waals surface area contributed by atoms with Crippen LogP contribution in [0, 0.1) is 0 Å². The van der Waals surface area contributed by atoms with Crippen molar-refractivity contribution in [1.29, 1.82) is 0 Å². The zero-order chi connectivity index (χ0) is 19.1. The van der Waals surface area contributed by atoms with E-state index in [1.165, 1.54) is 5.00 Å². The van der Waals surface area contributed by atoms with Gasteiger partial charge in [-0.1, -0.05) is 44.2 Å². The van der Waals surface area contributed by atoms with Crippen LogP contribution in [0.2, 0.25) is 0 Å². The van der Waals surface area contributed by atoms with E-state index in [9.17, 15) is 4.79 Å². The van der Waals surface area contributed by atoms with E-state index in [0.717, 1.165) is 61.9 Å². The maximum atomic E-state index is 12.7. The molecule has 2 heterocycles. The lowest BCUT2D eigenvalue weighted by Gasteiger charge is -2.28. The highest BCUT2D eigenvalue weighted by atomic mass is 32.1. The Hall–Kier alpha value is -1.89. The Morgan fingerprint density at radius 3 is 2.56 bits per heavy atom. The Morgan fingerprint density at radius 2 is 1.89 bits per heavy atom. The number of morpholine rings is 1. The molecule has 2 aromatic rings. The standard InChI is InChI=1S/C21H29N3O2S/c1-3-23(4-2)11-10-22-20(25)19-16-18(17-8-6-5-7-9-17)21(27-19)24-12-14-26-15-13-24/h5-9,16H,3-4,10-15H2,1-2H3,(H,22,25). The first-order chi connectivity index (χ1) is 13.2. The summed E-state index contributed by atoms with van der Waals surface area (Å²) in [4.78, 5) is 18.1. The van der Waals surface area contributed by atoms with E-state index in [2.05, 4.69) is 41.1 Å². The number of nitrogens with one attached hydrogen (secondary N) is 1. The smallest absolute Gasteiger partial charge is 0.261 e. The fraction of sp³-hybridized carbons (Fsp3) is 0.476. The molecular weight excluding hydrogens is 358 g/mol. The fourth-order valence-corrected chi connectivity index (χ4v) is 4.42. The molecule has 0 radical (unpaired) electrons. The minimum atomic E-state index is 0.0175. The second kappa shape index (κ2) is 9.88. The van der Waals surface area contributed by atoms with Crippen LogP contribution in [-0.4, -0.2) is 63.3 Å². The summed E-state index contributed by atoms with van der Waals surface area (Å²) >= 11 is 1.58. The molecule has 0 unspecified atom stereocenters. The molecule has 27 heavy (non-hydrogen) atoms. The van der Waals surface area contributed by atoms with Gasteiger partial charge in [-0.05, 0) is 24.7 Å². The molecule has 3 rings (SSSR count). The minimum Gasteiger partial charge on any atom is -0.378 e. The van der Waals surface area contributed by atoms with Crippen LogP contribution in [0.5, 0.6) is 0 Å². The molecule has 1 aromatic heterocycles. The second-order valence-corrected chi connectivity index (χ2v) is 7.61. The van der Waals surface area contributed by atoms with Crippen LogP contribution < -0.4 is 10.2 Å². The van der Waals surface area contributed by atoms with Gasteiger partial charge < -0.3 is 19.9 Å². The monoisotopic (exact) mass is 387 g/mol. The molecule has 1 N–H and O–H groups in total. The van der Waals surface area contributed by atoms with Crippen molar-refractivity contribution >= 4 is 22.2 Å². The molecule has 5 nitrogen and oxygen atoms in total. The number of thiophene rings is 1. The van der Waals surface area contributed by atoms with Gasteiger partial charge in [0.1, 0.15) is 0 Å². The summed E-state index contributed by atoms with van der Waals surface area (Å²) in [6, 6.07) is 12.4. The highest BCUT2D eigenvalue weighted by Gasteiger charge is 2.21. The molecule has 1 amide bonds. The van der Waals surface area contributed by atoms with E-state index in [-0.39, 0.29) is 5.91 Å². The van der Waals surface area contributed by atoms with Crippen LogP contribution in [0.25, 0.3) is 11.1 Å². The average Bonchev–Trinajstić information content (AvgIpc) is 3.18. The molecule has 0 bridgehead atoms. The van der Waals surface area contributed by atoms with Crippen LogP contribution in [0.3, 0.4) is 0 Å². The van der Waals surface area contributed by atoms with Gasteiger partial charge >= 0.3 is 0 Å². The number of hydrogen-bond acceptors (Lipinski definition) is 5. The van der Waals surface area contributed by atoms with Gasteiger partial charge in [-0.25, -0.2) is 0 Å². The maximum Gasteiger partial charge on any atom is 0.261 e. The van der Waals surface area contributed by atoms with Crippen molar-refractivity contribution in [1.82, 2.24) is 10.2 Å². The minimum absolute atomic E-state index is 0.0175. The summed E-state index contributed by atoms with van der Waals surface area (Å²) in [5, 5.41) is 4.24. The van der Waals surface area contributed by atoms with E-state index in [4.69, 9.17) is 4.74 Å². The lowest BCUT2D eigenvalue weighted by Crippen LogP contribution is -2.36. The first-order valence-corrected chi connectivity index (χ1v) is 10.6. The summed E-state index contributed by atoms with van der Waals surface area (Å²) in [7, 11) is 0. The molecule has 0 saturated carbocycles. The molecule has 1 saturated heterocycles. The van der Waals surface area contributed by atoms with Gasteiger partial charge in [-0.15, -0.1) is 11.3 Å². The number of ether oxygens (including phenoxy) is 1. The zero-order valence-electron chi connectivity index (χ0n) is 16.2. The Balaban J connectivity index is 1.77. The van der Waals surface area contributed by atoms with Gasteiger partial charge in [0.15, 0.2) is 0 Å². The first kappa shape index (κ1) is 19.9. The van der Waals surface area contributed by atoms with E-state index >= 15 is 0 Å². The van der Waals surface area contributed by atoms with Crippen molar-refractivity contribution in [3.63, 3.8) is 0 Å². The van der Waals surface area contributed by atoms with Gasteiger partial charge in [0.25, 0.3) is 5.91 Å². The predicted octanol–water partition coefficient (Wildman–Crippen LogP) is 3.32. The summed E-state index contributed by atoms with van der Waals surface area (Å²) in [6.07, 6.45) is 0. The maximum absolute atomic E-state index is 12.7. The predicted molar refractivity (Wildman–Crippen MR) is 113 cm³/mol. The number of benzene rings is 1. The van der Waals surface area contributed by atoms with Crippen molar-refractivity contribution in [3.8, 4) is 11.1 Å². The molecule has 6 heteroatoms. The molecule has 1 aromatic carbocycles. The normalized spacial score (nSPS) is 14.6. The lowest BCUT2D eigenvalue weighted by atomic mass is 10.1. The van der Waals surface area contributed by atoms with Crippen molar-refractivity contribution in [2.24, 2.45) is 0 Å². The topological polar surface area (TPSA) is 44.8 Å². The van der Waals surface area contributed by atoms with Crippen molar-refractivity contribution in [2.75, 3.05) is 57.4 Å². The molecule has 0 atom stereocenters. The van der Waals surface area contributed by atoms with Gasteiger partial charge in [0, 0.05) is 31.7 Å². The molecule has 0 spiro atoms. The largest absolute Gasteiger partial charge is 0.378 e. The number of amides is 1. The van der Waals surface area contributed by atoms with Crippen LogP contribution in [-0.2, 0) is 4.74 Å². The molecule has 1 aliphatic rings. The Kier molecular flexibility index (Phi) is 7.26. The summed E-state index contributed by atoms with van der Waals surface area (Å²) in [5.74, 6) is 0.0175. The van der Waals surface area contributed by atoms with Crippen molar-refractivity contribution in [2.45, 2.75) is 13.8 Å². The third kappa shape index (κ3) is 5.09. The summed E-state index contributed by atoms with van der Waals surface area (Å²) in [5.41, 5.74) is 2.29.